The first-order valence-corrected chi connectivity index (χ1v) is 6.44. The molecule has 0 aliphatic rings. The molecule has 0 heterocycles. The summed E-state index contributed by atoms with van der Waals surface area (Å²) in [6, 6.07) is 10.8. The lowest BCUT2D eigenvalue weighted by Crippen LogP contribution is -2.07. The molecule has 0 saturated heterocycles. The molecule has 21 heavy (non-hydrogen) atoms. The summed E-state index contributed by atoms with van der Waals surface area (Å²) < 4.78 is 10.1. The summed E-state index contributed by atoms with van der Waals surface area (Å²) in [5.74, 6) is 0.240. The number of aryl methyl sites for hydroxylation is 1. The Morgan fingerprint density at radius 2 is 1.86 bits per heavy atom. The molecule has 0 aliphatic carbocycles. The highest BCUT2D eigenvalue weighted by Crippen LogP contribution is 2.31. The van der Waals surface area contributed by atoms with E-state index >= 15 is 0 Å². The molecule has 110 valence electrons. The molecule has 0 bridgehead atoms. The zero-order valence-corrected chi connectivity index (χ0v) is 12.3. The predicted octanol–water partition coefficient (Wildman–Crippen LogP) is 3.12. The summed E-state index contributed by atoms with van der Waals surface area (Å²) in [6.07, 6.45) is 0. The van der Waals surface area contributed by atoms with Crippen LogP contribution in [0.4, 0.5) is 17.1 Å². The van der Waals surface area contributed by atoms with Gasteiger partial charge in [0.2, 0.25) is 0 Å². The molecule has 0 radical (unpaired) electrons. The zero-order chi connectivity index (χ0) is 15.4. The fourth-order valence-corrected chi connectivity index (χ4v) is 2.01. The van der Waals surface area contributed by atoms with E-state index in [1.54, 1.807) is 25.3 Å². The molecule has 0 saturated carbocycles. The van der Waals surface area contributed by atoms with Crippen molar-refractivity contribution >= 4 is 23.0 Å². The molecular formula is C16H18N2O3. The van der Waals surface area contributed by atoms with Crippen molar-refractivity contribution in [3.63, 3.8) is 0 Å². The van der Waals surface area contributed by atoms with Gasteiger partial charge in [-0.15, -0.1) is 0 Å². The molecule has 5 nitrogen and oxygen atoms in total. The minimum absolute atomic E-state index is 0.376. The van der Waals surface area contributed by atoms with Crippen molar-refractivity contribution < 1.29 is 14.3 Å². The van der Waals surface area contributed by atoms with Crippen molar-refractivity contribution in [2.75, 3.05) is 25.3 Å². The van der Waals surface area contributed by atoms with Gasteiger partial charge in [-0.05, 0) is 42.8 Å². The Morgan fingerprint density at radius 1 is 1.10 bits per heavy atom. The van der Waals surface area contributed by atoms with Crippen LogP contribution in [0.25, 0.3) is 0 Å². The van der Waals surface area contributed by atoms with Gasteiger partial charge in [0.25, 0.3) is 0 Å². The van der Waals surface area contributed by atoms with Gasteiger partial charge in [-0.2, -0.15) is 0 Å². The predicted molar refractivity (Wildman–Crippen MR) is 83.2 cm³/mol. The van der Waals surface area contributed by atoms with E-state index in [0.29, 0.717) is 22.7 Å². The van der Waals surface area contributed by atoms with Gasteiger partial charge in [0.1, 0.15) is 5.75 Å². The average Bonchev–Trinajstić information content (AvgIpc) is 2.48. The van der Waals surface area contributed by atoms with Crippen molar-refractivity contribution in [1.82, 2.24) is 0 Å². The van der Waals surface area contributed by atoms with Gasteiger partial charge in [0.15, 0.2) is 0 Å². The van der Waals surface area contributed by atoms with E-state index in [-0.39, 0.29) is 0 Å². The average molecular weight is 286 g/mol. The maximum absolute atomic E-state index is 11.8. The van der Waals surface area contributed by atoms with Gasteiger partial charge < -0.3 is 20.5 Å². The number of carbonyl (C=O) groups is 1. The van der Waals surface area contributed by atoms with Crippen LogP contribution in [0.3, 0.4) is 0 Å². The van der Waals surface area contributed by atoms with Gasteiger partial charge in [-0.3, -0.25) is 0 Å². The molecular weight excluding hydrogens is 268 g/mol. The van der Waals surface area contributed by atoms with E-state index in [1.807, 2.05) is 25.1 Å². The molecule has 5 heteroatoms. The van der Waals surface area contributed by atoms with Crippen LogP contribution in [0.2, 0.25) is 0 Å². The van der Waals surface area contributed by atoms with Crippen LogP contribution < -0.4 is 15.8 Å². The van der Waals surface area contributed by atoms with Crippen LogP contribution in [0.15, 0.2) is 36.4 Å². The summed E-state index contributed by atoms with van der Waals surface area (Å²) >= 11 is 0. The number of carbonyl (C=O) groups excluding carboxylic acids is 1. The van der Waals surface area contributed by atoms with E-state index in [0.717, 1.165) is 11.3 Å². The Hall–Kier alpha value is -2.69. The zero-order valence-electron chi connectivity index (χ0n) is 12.3. The third kappa shape index (κ3) is 3.25. The van der Waals surface area contributed by atoms with Crippen LogP contribution in [0.5, 0.6) is 5.75 Å². The summed E-state index contributed by atoms with van der Waals surface area (Å²) in [5, 5.41) is 3.19. The molecule has 0 aromatic heterocycles. The summed E-state index contributed by atoms with van der Waals surface area (Å²) in [7, 11) is 2.93. The number of anilines is 3. The number of hydrogen-bond acceptors (Lipinski definition) is 5. The number of nitrogen functional groups attached to an aromatic ring is 1. The first-order valence-electron chi connectivity index (χ1n) is 6.44. The second-order valence-corrected chi connectivity index (χ2v) is 4.63. The number of esters is 1. The van der Waals surface area contributed by atoms with Crippen LogP contribution >= 0.6 is 0 Å². The van der Waals surface area contributed by atoms with Gasteiger partial charge in [-0.1, -0.05) is 6.07 Å². The molecule has 0 unspecified atom stereocenters. The molecule has 3 N–H and O–H groups in total. The normalized spacial score (nSPS) is 10.0. The first-order chi connectivity index (χ1) is 10.0. The molecule has 0 atom stereocenters. The maximum Gasteiger partial charge on any atom is 0.340 e. The second-order valence-electron chi connectivity index (χ2n) is 4.63. The minimum atomic E-state index is -0.448. The number of nitrogens with one attached hydrogen (secondary N) is 1. The smallest absolute Gasteiger partial charge is 0.340 e. The number of hydrogen-bond donors (Lipinski definition) is 2. The van der Waals surface area contributed by atoms with Crippen molar-refractivity contribution in [3.05, 3.63) is 47.5 Å². The Balaban J connectivity index is 2.44. The van der Waals surface area contributed by atoms with Crippen LogP contribution in [-0.2, 0) is 4.74 Å². The number of rotatable bonds is 4. The van der Waals surface area contributed by atoms with Gasteiger partial charge in [-0.25, -0.2) is 4.79 Å². The second kappa shape index (κ2) is 6.17. The minimum Gasteiger partial charge on any atom is -0.495 e. The van der Waals surface area contributed by atoms with E-state index in [2.05, 4.69) is 5.32 Å². The largest absolute Gasteiger partial charge is 0.495 e. The third-order valence-electron chi connectivity index (χ3n) is 3.07. The van der Waals surface area contributed by atoms with E-state index < -0.39 is 5.97 Å². The highest BCUT2D eigenvalue weighted by atomic mass is 16.5. The van der Waals surface area contributed by atoms with Crippen LogP contribution in [-0.4, -0.2) is 20.2 Å². The van der Waals surface area contributed by atoms with Crippen molar-refractivity contribution in [1.29, 1.82) is 0 Å². The van der Waals surface area contributed by atoms with E-state index in [1.165, 1.54) is 7.11 Å². The molecule has 2 rings (SSSR count). The number of ether oxygens (including phenoxy) is 2. The van der Waals surface area contributed by atoms with E-state index in [4.69, 9.17) is 15.2 Å². The number of nitrogens with two attached hydrogens (primary N) is 1. The van der Waals surface area contributed by atoms with Crippen LogP contribution in [0.1, 0.15) is 15.9 Å². The third-order valence-corrected chi connectivity index (χ3v) is 3.07. The molecule has 0 fully saturated rings. The van der Waals surface area contributed by atoms with Gasteiger partial charge in [0.05, 0.1) is 31.2 Å². The Kier molecular flexibility index (Phi) is 4.33. The van der Waals surface area contributed by atoms with Crippen LogP contribution in [0, 0.1) is 6.92 Å². The van der Waals surface area contributed by atoms with Gasteiger partial charge in [0, 0.05) is 5.69 Å². The first kappa shape index (κ1) is 14.7. The van der Waals surface area contributed by atoms with Gasteiger partial charge >= 0.3 is 5.97 Å². The van der Waals surface area contributed by atoms with Crippen molar-refractivity contribution in [3.8, 4) is 5.75 Å². The molecule has 0 spiro atoms. The lowest BCUT2D eigenvalue weighted by molar-refractivity contribution is 0.0602. The molecule has 2 aromatic rings. The quantitative estimate of drug-likeness (QED) is 0.667. The SMILES string of the molecule is COC(=O)c1cc(N)ccc1Nc1cc(C)ccc1OC. The lowest BCUT2D eigenvalue weighted by Gasteiger charge is -2.14. The summed E-state index contributed by atoms with van der Waals surface area (Å²) in [4.78, 5) is 11.8. The summed E-state index contributed by atoms with van der Waals surface area (Å²) in [6.45, 7) is 1.98. The fourth-order valence-electron chi connectivity index (χ4n) is 2.01. The maximum atomic E-state index is 11.8. The number of benzene rings is 2. The molecule has 2 aromatic carbocycles. The standard InChI is InChI=1S/C16H18N2O3/c1-10-4-7-15(20-2)14(8-10)18-13-6-5-11(17)9-12(13)16(19)21-3/h4-9,18H,17H2,1-3H3. The monoisotopic (exact) mass is 286 g/mol. The van der Waals surface area contributed by atoms with Crippen molar-refractivity contribution in [2.24, 2.45) is 0 Å². The highest BCUT2D eigenvalue weighted by Gasteiger charge is 2.14. The summed E-state index contributed by atoms with van der Waals surface area (Å²) in [5.41, 5.74) is 9.07. The fraction of sp³-hybridized carbons (Fsp3) is 0.188. The van der Waals surface area contributed by atoms with E-state index in [9.17, 15) is 4.79 Å². The Labute approximate surface area is 123 Å². The molecule has 0 amide bonds. The highest BCUT2D eigenvalue weighted by molar-refractivity contribution is 5.97. The number of methoxy groups -OCH3 is 2. The Bertz CT molecular complexity index is 669. The lowest BCUT2D eigenvalue weighted by atomic mass is 10.1. The van der Waals surface area contributed by atoms with Crippen molar-refractivity contribution in [2.45, 2.75) is 6.92 Å². The Morgan fingerprint density at radius 3 is 2.52 bits per heavy atom. The topological polar surface area (TPSA) is 73.6 Å². The molecule has 0 aliphatic heterocycles.